The molecule has 0 aliphatic heterocycles. The predicted octanol–water partition coefficient (Wildman–Crippen LogP) is 22.4. The molecule has 0 bridgehead atoms. The van der Waals surface area contributed by atoms with Gasteiger partial charge in [-0.15, -0.1) is 0 Å². The number of unbranched alkanes of at least 4 members (excludes halogenated alkanes) is 55. The number of carbonyl (C=O) groups excluding carboxylic acids is 2. The van der Waals surface area contributed by atoms with Crippen LogP contribution >= 0.6 is 0 Å². The van der Waals surface area contributed by atoms with E-state index in [4.69, 9.17) is 4.74 Å². The van der Waals surface area contributed by atoms with Gasteiger partial charge in [0.25, 0.3) is 0 Å². The summed E-state index contributed by atoms with van der Waals surface area (Å²) in [4.78, 5) is 24.5. The number of esters is 1. The standard InChI is InChI=1S/C70H137NO5/c1-3-5-7-9-11-13-15-17-18-19-30-33-36-39-42-46-50-54-58-62-68(73)67(66-72)71-69(74)63-59-55-51-47-43-40-37-34-31-28-26-24-22-20-21-23-25-27-29-32-35-38-41-45-49-53-57-61-65-76-70(75)64-60-56-52-48-44-16-14-12-10-8-6-4-2/h58,62,67-68,72-73H,3-57,59-61,63-66H2,1-2H3,(H,71,74)/b62-58+. The fourth-order valence-electron chi connectivity index (χ4n) is 11.2. The highest BCUT2D eigenvalue weighted by atomic mass is 16.5. The second-order valence-corrected chi connectivity index (χ2v) is 24.2. The molecule has 0 saturated heterocycles. The van der Waals surface area contributed by atoms with Gasteiger partial charge in [-0.1, -0.05) is 366 Å². The number of ether oxygens (including phenoxy) is 1. The van der Waals surface area contributed by atoms with Gasteiger partial charge in [-0.25, -0.2) is 0 Å². The van der Waals surface area contributed by atoms with Gasteiger partial charge >= 0.3 is 5.97 Å². The molecule has 452 valence electrons. The summed E-state index contributed by atoms with van der Waals surface area (Å²) < 4.78 is 5.48. The summed E-state index contributed by atoms with van der Waals surface area (Å²) >= 11 is 0. The maximum absolute atomic E-state index is 12.5. The van der Waals surface area contributed by atoms with Gasteiger partial charge in [0.15, 0.2) is 0 Å². The molecular weight excluding hydrogens is 935 g/mol. The van der Waals surface area contributed by atoms with Crippen molar-refractivity contribution in [1.29, 1.82) is 0 Å². The second kappa shape index (κ2) is 66.1. The van der Waals surface area contributed by atoms with E-state index in [-0.39, 0.29) is 18.5 Å². The molecule has 6 heteroatoms. The van der Waals surface area contributed by atoms with E-state index in [9.17, 15) is 19.8 Å². The molecule has 2 atom stereocenters. The fourth-order valence-corrected chi connectivity index (χ4v) is 11.2. The summed E-state index contributed by atoms with van der Waals surface area (Å²) in [6.45, 7) is 4.95. The summed E-state index contributed by atoms with van der Waals surface area (Å²) in [6, 6.07) is -0.625. The maximum atomic E-state index is 12.5. The smallest absolute Gasteiger partial charge is 0.305 e. The largest absolute Gasteiger partial charge is 0.466 e. The molecule has 0 spiro atoms. The molecule has 0 radical (unpaired) electrons. The number of rotatable bonds is 66. The van der Waals surface area contributed by atoms with Crippen molar-refractivity contribution in [3.63, 3.8) is 0 Å². The SMILES string of the molecule is CCCCCCCCCCCCCCCCCCC/C=C/C(O)C(CO)NC(=O)CCCCCCCCCCCCCCCCCCCCCCCCCCCCCCOC(=O)CCCCCCCCCCCCCC. The van der Waals surface area contributed by atoms with Gasteiger partial charge < -0.3 is 20.3 Å². The minimum absolute atomic E-state index is 0.0200. The van der Waals surface area contributed by atoms with Crippen LogP contribution in [0.1, 0.15) is 399 Å². The van der Waals surface area contributed by atoms with Gasteiger partial charge in [0.05, 0.1) is 25.4 Å². The Balaban J connectivity index is 3.36. The molecule has 0 aromatic heterocycles. The zero-order valence-electron chi connectivity index (χ0n) is 51.8. The van der Waals surface area contributed by atoms with Crippen LogP contribution in [-0.4, -0.2) is 47.4 Å². The fraction of sp³-hybridized carbons (Fsp3) is 0.943. The number of hydrogen-bond donors (Lipinski definition) is 3. The molecular formula is C70H137NO5. The van der Waals surface area contributed by atoms with Gasteiger partial charge in [0, 0.05) is 12.8 Å². The van der Waals surface area contributed by atoms with Crippen LogP contribution in [0.4, 0.5) is 0 Å². The van der Waals surface area contributed by atoms with E-state index in [0.717, 1.165) is 38.5 Å². The third-order valence-corrected chi connectivity index (χ3v) is 16.6. The van der Waals surface area contributed by atoms with Crippen molar-refractivity contribution in [1.82, 2.24) is 5.32 Å². The summed E-state index contributed by atoms with van der Waals surface area (Å²) in [5.74, 6) is -0.0407. The Kier molecular flexibility index (Phi) is 64.9. The first-order valence-corrected chi connectivity index (χ1v) is 35.0. The van der Waals surface area contributed by atoms with Crippen LogP contribution in [0.2, 0.25) is 0 Å². The Hall–Kier alpha value is -1.40. The second-order valence-electron chi connectivity index (χ2n) is 24.2. The van der Waals surface area contributed by atoms with E-state index in [2.05, 4.69) is 19.2 Å². The Morgan fingerprint density at radius 3 is 0.895 bits per heavy atom. The quantitative estimate of drug-likeness (QED) is 0.0320. The van der Waals surface area contributed by atoms with Gasteiger partial charge in [-0.05, 0) is 32.1 Å². The molecule has 3 N–H and O–H groups in total. The minimum Gasteiger partial charge on any atom is -0.466 e. The van der Waals surface area contributed by atoms with Gasteiger partial charge in [-0.3, -0.25) is 9.59 Å². The first kappa shape index (κ1) is 74.6. The lowest BCUT2D eigenvalue weighted by Crippen LogP contribution is -2.45. The van der Waals surface area contributed by atoms with Crippen LogP contribution in [-0.2, 0) is 14.3 Å². The molecule has 0 aliphatic carbocycles. The van der Waals surface area contributed by atoms with E-state index in [0.29, 0.717) is 19.4 Å². The summed E-state index contributed by atoms with van der Waals surface area (Å²) in [5.41, 5.74) is 0. The van der Waals surface area contributed by atoms with Crippen molar-refractivity contribution >= 4 is 11.9 Å². The van der Waals surface area contributed by atoms with E-state index < -0.39 is 12.1 Å². The number of aliphatic hydroxyl groups excluding tert-OH is 2. The molecule has 0 aromatic rings. The van der Waals surface area contributed by atoms with Gasteiger partial charge in [0.2, 0.25) is 5.91 Å². The molecule has 0 fully saturated rings. The maximum Gasteiger partial charge on any atom is 0.305 e. The van der Waals surface area contributed by atoms with E-state index in [1.54, 1.807) is 6.08 Å². The van der Waals surface area contributed by atoms with E-state index >= 15 is 0 Å². The number of nitrogens with one attached hydrogen (secondary N) is 1. The lowest BCUT2D eigenvalue weighted by atomic mass is 10.0. The number of aliphatic hydroxyl groups is 2. The first-order valence-electron chi connectivity index (χ1n) is 35.0. The van der Waals surface area contributed by atoms with Crippen LogP contribution in [0.25, 0.3) is 0 Å². The lowest BCUT2D eigenvalue weighted by Gasteiger charge is -2.20. The monoisotopic (exact) mass is 1070 g/mol. The van der Waals surface area contributed by atoms with Crippen molar-refractivity contribution in [3.8, 4) is 0 Å². The third-order valence-electron chi connectivity index (χ3n) is 16.6. The van der Waals surface area contributed by atoms with Crippen molar-refractivity contribution < 1.29 is 24.5 Å². The number of hydrogen-bond acceptors (Lipinski definition) is 5. The highest BCUT2D eigenvalue weighted by molar-refractivity contribution is 5.76. The predicted molar refractivity (Wildman–Crippen MR) is 333 cm³/mol. The average Bonchev–Trinajstić information content (AvgIpc) is 3.42. The van der Waals surface area contributed by atoms with Crippen LogP contribution < -0.4 is 5.32 Å². The number of carbonyl (C=O) groups is 2. The molecule has 0 aliphatic rings. The highest BCUT2D eigenvalue weighted by Gasteiger charge is 2.18. The Labute approximate surface area is 476 Å². The lowest BCUT2D eigenvalue weighted by molar-refractivity contribution is -0.143. The topological polar surface area (TPSA) is 95.9 Å². The zero-order valence-corrected chi connectivity index (χ0v) is 51.8. The van der Waals surface area contributed by atoms with Crippen LogP contribution in [0, 0.1) is 0 Å². The molecule has 2 unspecified atom stereocenters. The summed E-state index contributed by atoms with van der Waals surface area (Å²) in [7, 11) is 0. The molecule has 76 heavy (non-hydrogen) atoms. The van der Waals surface area contributed by atoms with Crippen molar-refractivity contribution in [2.24, 2.45) is 0 Å². The summed E-state index contributed by atoms with van der Waals surface area (Å²) in [5, 5.41) is 23.2. The summed E-state index contributed by atoms with van der Waals surface area (Å²) in [6.07, 6.45) is 81.5. The molecule has 0 rings (SSSR count). The van der Waals surface area contributed by atoms with Crippen molar-refractivity contribution in [2.75, 3.05) is 13.2 Å². The van der Waals surface area contributed by atoms with Gasteiger partial charge in [0.1, 0.15) is 0 Å². The molecule has 1 amide bonds. The Bertz CT molecular complexity index is 1140. The zero-order chi connectivity index (χ0) is 55.0. The third kappa shape index (κ3) is 61.8. The van der Waals surface area contributed by atoms with Gasteiger partial charge in [-0.2, -0.15) is 0 Å². The van der Waals surface area contributed by atoms with Crippen LogP contribution in [0.3, 0.4) is 0 Å². The van der Waals surface area contributed by atoms with Crippen molar-refractivity contribution in [3.05, 3.63) is 12.2 Å². The normalized spacial score (nSPS) is 12.5. The van der Waals surface area contributed by atoms with Crippen molar-refractivity contribution in [2.45, 2.75) is 411 Å². The molecule has 0 saturated carbocycles. The average molecular weight is 1070 g/mol. The Morgan fingerprint density at radius 2 is 0.605 bits per heavy atom. The number of amides is 1. The highest BCUT2D eigenvalue weighted by Crippen LogP contribution is 2.19. The van der Waals surface area contributed by atoms with Crippen LogP contribution in [0.15, 0.2) is 12.2 Å². The Morgan fingerprint density at radius 1 is 0.355 bits per heavy atom. The van der Waals surface area contributed by atoms with Crippen LogP contribution in [0.5, 0.6) is 0 Å². The minimum atomic E-state index is -0.842. The molecule has 0 heterocycles. The van der Waals surface area contributed by atoms with E-state index in [1.165, 1.54) is 334 Å². The first-order chi connectivity index (χ1) is 37.5. The molecule has 6 nitrogen and oxygen atoms in total. The number of allylic oxidation sites excluding steroid dienone is 1. The molecule has 0 aromatic carbocycles. The van der Waals surface area contributed by atoms with E-state index in [1.807, 2.05) is 6.08 Å².